The number of carbonyl (C=O) groups is 1. The van der Waals surface area contributed by atoms with Gasteiger partial charge in [0.15, 0.2) is 0 Å². The monoisotopic (exact) mass is 278 g/mol. The first-order valence-corrected chi connectivity index (χ1v) is 6.97. The summed E-state index contributed by atoms with van der Waals surface area (Å²) in [7, 11) is 3.14. The Bertz CT molecular complexity index is 434. The molecule has 0 saturated carbocycles. The molecule has 110 valence electrons. The van der Waals surface area contributed by atoms with E-state index in [1.165, 1.54) is 12.8 Å². The molecule has 0 aromatic heterocycles. The van der Waals surface area contributed by atoms with Crippen LogP contribution in [0.2, 0.25) is 0 Å². The van der Waals surface area contributed by atoms with E-state index in [1.54, 1.807) is 32.4 Å². The van der Waals surface area contributed by atoms with Crippen molar-refractivity contribution in [2.45, 2.75) is 25.3 Å². The molecule has 1 amide bonds. The molecule has 1 aromatic rings. The number of nitrogens with one attached hydrogen (secondary N) is 2. The number of benzene rings is 1. The van der Waals surface area contributed by atoms with Gasteiger partial charge in [0, 0.05) is 24.2 Å². The number of rotatable bonds is 6. The Balaban J connectivity index is 1.90. The SMILES string of the molecule is COc1cc(OC)cc(C(=O)NCCC2CCCN2)c1. The second kappa shape index (κ2) is 7.14. The number of hydrogen-bond acceptors (Lipinski definition) is 4. The Morgan fingerprint density at radius 3 is 2.55 bits per heavy atom. The van der Waals surface area contributed by atoms with E-state index < -0.39 is 0 Å². The minimum absolute atomic E-state index is 0.0970. The molecule has 1 aliphatic heterocycles. The van der Waals surface area contributed by atoms with Crippen LogP contribution in [0, 0.1) is 0 Å². The van der Waals surface area contributed by atoms with Crippen molar-refractivity contribution >= 4 is 5.91 Å². The molecule has 1 unspecified atom stereocenters. The Kier molecular flexibility index (Phi) is 5.24. The highest BCUT2D eigenvalue weighted by atomic mass is 16.5. The summed E-state index contributed by atoms with van der Waals surface area (Å²) in [5, 5.41) is 6.35. The van der Waals surface area contributed by atoms with E-state index in [0.717, 1.165) is 13.0 Å². The molecule has 20 heavy (non-hydrogen) atoms. The Morgan fingerprint density at radius 2 is 2.00 bits per heavy atom. The molecular formula is C15H22N2O3. The van der Waals surface area contributed by atoms with Crippen molar-refractivity contribution in [2.24, 2.45) is 0 Å². The minimum Gasteiger partial charge on any atom is -0.497 e. The molecule has 1 aromatic carbocycles. The van der Waals surface area contributed by atoms with Crippen molar-refractivity contribution in [3.8, 4) is 11.5 Å². The molecule has 5 heteroatoms. The van der Waals surface area contributed by atoms with Crippen molar-refractivity contribution in [3.63, 3.8) is 0 Å². The van der Waals surface area contributed by atoms with Crippen LogP contribution in [0.1, 0.15) is 29.6 Å². The second-order valence-electron chi connectivity index (χ2n) is 4.94. The standard InChI is InChI=1S/C15H22N2O3/c1-19-13-8-11(9-14(10-13)20-2)15(18)17-7-5-12-4-3-6-16-12/h8-10,12,16H,3-7H2,1-2H3,(H,17,18). The average molecular weight is 278 g/mol. The summed E-state index contributed by atoms with van der Waals surface area (Å²) >= 11 is 0. The van der Waals surface area contributed by atoms with E-state index in [2.05, 4.69) is 10.6 Å². The topological polar surface area (TPSA) is 59.6 Å². The molecule has 1 saturated heterocycles. The van der Waals surface area contributed by atoms with Crippen molar-refractivity contribution in [1.82, 2.24) is 10.6 Å². The minimum atomic E-state index is -0.0970. The maximum Gasteiger partial charge on any atom is 0.251 e. The number of amides is 1. The van der Waals surface area contributed by atoms with Crippen LogP contribution in [-0.4, -0.2) is 39.3 Å². The Labute approximate surface area is 119 Å². The lowest BCUT2D eigenvalue weighted by molar-refractivity contribution is 0.0951. The fourth-order valence-corrected chi connectivity index (χ4v) is 2.40. The van der Waals surface area contributed by atoms with Crippen LogP contribution in [0.5, 0.6) is 11.5 Å². The number of ether oxygens (including phenoxy) is 2. The van der Waals surface area contributed by atoms with Gasteiger partial charge < -0.3 is 20.1 Å². The number of methoxy groups -OCH3 is 2. The van der Waals surface area contributed by atoms with Gasteiger partial charge in [-0.05, 0) is 37.9 Å². The highest BCUT2D eigenvalue weighted by Gasteiger charge is 2.14. The summed E-state index contributed by atoms with van der Waals surface area (Å²) in [4.78, 5) is 12.1. The van der Waals surface area contributed by atoms with Gasteiger partial charge in [0.25, 0.3) is 5.91 Å². The normalized spacial score (nSPS) is 17.8. The number of hydrogen-bond donors (Lipinski definition) is 2. The van der Waals surface area contributed by atoms with Crippen LogP contribution in [0.4, 0.5) is 0 Å². The molecule has 0 spiro atoms. The highest BCUT2D eigenvalue weighted by molar-refractivity contribution is 5.95. The summed E-state index contributed by atoms with van der Waals surface area (Å²) in [5.74, 6) is 1.14. The molecule has 5 nitrogen and oxygen atoms in total. The van der Waals surface area contributed by atoms with Gasteiger partial charge in [0.1, 0.15) is 11.5 Å². The molecule has 0 aliphatic carbocycles. The van der Waals surface area contributed by atoms with Crippen LogP contribution in [-0.2, 0) is 0 Å². The molecule has 2 N–H and O–H groups in total. The second-order valence-corrected chi connectivity index (χ2v) is 4.94. The lowest BCUT2D eigenvalue weighted by atomic mass is 10.1. The maximum atomic E-state index is 12.1. The first-order chi connectivity index (χ1) is 9.72. The largest absolute Gasteiger partial charge is 0.497 e. The van der Waals surface area contributed by atoms with Gasteiger partial charge in [0.05, 0.1) is 14.2 Å². The van der Waals surface area contributed by atoms with E-state index in [9.17, 15) is 4.79 Å². The van der Waals surface area contributed by atoms with Crippen LogP contribution >= 0.6 is 0 Å². The predicted molar refractivity (Wildman–Crippen MR) is 77.5 cm³/mol. The maximum absolute atomic E-state index is 12.1. The molecule has 1 heterocycles. The van der Waals surface area contributed by atoms with Crippen molar-refractivity contribution in [1.29, 1.82) is 0 Å². The quantitative estimate of drug-likeness (QED) is 0.829. The molecule has 0 bridgehead atoms. The lowest BCUT2D eigenvalue weighted by Crippen LogP contribution is -2.30. The van der Waals surface area contributed by atoms with Gasteiger partial charge in [0.2, 0.25) is 0 Å². The van der Waals surface area contributed by atoms with Crippen molar-refractivity contribution in [3.05, 3.63) is 23.8 Å². The average Bonchev–Trinajstić information content (AvgIpc) is 2.99. The molecule has 1 atom stereocenters. The van der Waals surface area contributed by atoms with E-state index in [1.807, 2.05) is 0 Å². The zero-order chi connectivity index (χ0) is 14.4. The van der Waals surface area contributed by atoms with Crippen LogP contribution in [0.3, 0.4) is 0 Å². The fourth-order valence-electron chi connectivity index (χ4n) is 2.40. The molecule has 0 radical (unpaired) electrons. The first-order valence-electron chi connectivity index (χ1n) is 6.97. The third-order valence-corrected chi connectivity index (χ3v) is 3.55. The van der Waals surface area contributed by atoms with E-state index in [4.69, 9.17) is 9.47 Å². The third-order valence-electron chi connectivity index (χ3n) is 3.55. The Hall–Kier alpha value is -1.75. The summed E-state index contributed by atoms with van der Waals surface area (Å²) in [6.45, 7) is 1.77. The summed E-state index contributed by atoms with van der Waals surface area (Å²) in [6, 6.07) is 5.71. The smallest absolute Gasteiger partial charge is 0.251 e. The van der Waals surface area contributed by atoms with E-state index in [0.29, 0.717) is 29.6 Å². The van der Waals surface area contributed by atoms with Gasteiger partial charge >= 0.3 is 0 Å². The van der Waals surface area contributed by atoms with E-state index in [-0.39, 0.29) is 5.91 Å². The first kappa shape index (κ1) is 14.7. The molecular weight excluding hydrogens is 256 g/mol. The van der Waals surface area contributed by atoms with Gasteiger partial charge in [-0.1, -0.05) is 0 Å². The highest BCUT2D eigenvalue weighted by Crippen LogP contribution is 2.22. The van der Waals surface area contributed by atoms with Crippen LogP contribution < -0.4 is 20.1 Å². The zero-order valence-electron chi connectivity index (χ0n) is 12.1. The van der Waals surface area contributed by atoms with E-state index >= 15 is 0 Å². The van der Waals surface area contributed by atoms with Gasteiger partial charge in [-0.25, -0.2) is 0 Å². The summed E-state index contributed by atoms with van der Waals surface area (Å²) in [6.07, 6.45) is 3.39. The molecule has 2 rings (SSSR count). The van der Waals surface area contributed by atoms with Gasteiger partial charge in [-0.2, -0.15) is 0 Å². The predicted octanol–water partition coefficient (Wildman–Crippen LogP) is 1.58. The molecule has 1 fully saturated rings. The van der Waals surface area contributed by atoms with Crippen molar-refractivity contribution in [2.75, 3.05) is 27.3 Å². The van der Waals surface area contributed by atoms with Crippen molar-refractivity contribution < 1.29 is 14.3 Å². The summed E-state index contributed by atoms with van der Waals surface area (Å²) < 4.78 is 10.3. The molecule has 1 aliphatic rings. The van der Waals surface area contributed by atoms with Crippen LogP contribution in [0.15, 0.2) is 18.2 Å². The summed E-state index contributed by atoms with van der Waals surface area (Å²) in [5.41, 5.74) is 0.556. The number of carbonyl (C=O) groups excluding carboxylic acids is 1. The third kappa shape index (κ3) is 3.87. The lowest BCUT2D eigenvalue weighted by Gasteiger charge is -2.12. The van der Waals surface area contributed by atoms with Gasteiger partial charge in [-0.3, -0.25) is 4.79 Å². The zero-order valence-corrected chi connectivity index (χ0v) is 12.1. The fraction of sp³-hybridized carbons (Fsp3) is 0.533. The van der Waals surface area contributed by atoms with Gasteiger partial charge in [-0.15, -0.1) is 0 Å². The van der Waals surface area contributed by atoms with Crippen LogP contribution in [0.25, 0.3) is 0 Å². The Morgan fingerprint density at radius 1 is 1.30 bits per heavy atom.